The number of nitrogens with one attached hydrogen (secondary N) is 1. The van der Waals surface area contributed by atoms with Gasteiger partial charge in [0.2, 0.25) is 0 Å². The van der Waals surface area contributed by atoms with Crippen molar-refractivity contribution in [3.63, 3.8) is 0 Å². The third-order valence-corrected chi connectivity index (χ3v) is 3.44. The normalized spacial score (nSPS) is 12.4. The Morgan fingerprint density at radius 1 is 1.06 bits per heavy atom. The Morgan fingerprint density at radius 2 is 1.67 bits per heavy atom. The molecule has 0 spiro atoms. The summed E-state index contributed by atoms with van der Waals surface area (Å²) in [7, 11) is 0. The second kappa shape index (κ2) is 8.15. The minimum atomic E-state index is 0.609. The molecule has 1 N–H and O–H groups in total. The predicted octanol–water partition coefficient (Wildman–Crippen LogP) is 3.81. The van der Waals surface area contributed by atoms with Gasteiger partial charge in [-0.3, -0.25) is 0 Å². The Morgan fingerprint density at radius 3 is 2.17 bits per heavy atom. The van der Waals surface area contributed by atoms with Crippen molar-refractivity contribution in [2.75, 3.05) is 18.0 Å². The van der Waals surface area contributed by atoms with Crippen LogP contribution in [0.25, 0.3) is 0 Å². The third-order valence-electron chi connectivity index (χ3n) is 3.44. The van der Waals surface area contributed by atoms with Crippen LogP contribution in [-0.4, -0.2) is 19.1 Å². The largest absolute Gasteiger partial charge is 0.372 e. The lowest BCUT2D eigenvalue weighted by molar-refractivity contribution is 0.508. The maximum Gasteiger partial charge on any atom is 0.0366 e. The van der Waals surface area contributed by atoms with Crippen LogP contribution in [0.3, 0.4) is 0 Å². The molecule has 0 bridgehead atoms. The lowest BCUT2D eigenvalue weighted by atomic mass is 10.1. The van der Waals surface area contributed by atoms with Gasteiger partial charge < -0.3 is 10.2 Å². The molecule has 1 unspecified atom stereocenters. The minimum Gasteiger partial charge on any atom is -0.372 e. The molecule has 1 aromatic carbocycles. The summed E-state index contributed by atoms with van der Waals surface area (Å²) >= 11 is 0. The Balaban J connectivity index is 2.49. The van der Waals surface area contributed by atoms with E-state index in [1.165, 1.54) is 24.1 Å². The van der Waals surface area contributed by atoms with Crippen LogP contribution in [0.2, 0.25) is 0 Å². The molecule has 0 fully saturated rings. The second-order valence-electron chi connectivity index (χ2n) is 4.91. The molecule has 0 aliphatic carbocycles. The molecule has 2 nitrogen and oxygen atoms in total. The zero-order valence-electron chi connectivity index (χ0n) is 12.4. The van der Waals surface area contributed by atoms with Gasteiger partial charge in [0.25, 0.3) is 0 Å². The SMILES string of the molecule is CCCC(C)NCc1ccc(N(CC)CC)cc1. The standard InChI is InChI=1S/C16H28N2/c1-5-8-14(4)17-13-15-9-11-16(12-10-15)18(6-2)7-3/h9-12,14,17H,5-8,13H2,1-4H3. The number of benzene rings is 1. The summed E-state index contributed by atoms with van der Waals surface area (Å²) < 4.78 is 0. The summed E-state index contributed by atoms with van der Waals surface area (Å²) in [6, 6.07) is 9.54. The molecule has 0 aromatic heterocycles. The van der Waals surface area contributed by atoms with Crippen LogP contribution in [0.1, 0.15) is 46.1 Å². The monoisotopic (exact) mass is 248 g/mol. The van der Waals surface area contributed by atoms with Crippen LogP contribution in [0.5, 0.6) is 0 Å². The summed E-state index contributed by atoms with van der Waals surface area (Å²) in [5.41, 5.74) is 2.69. The molecule has 0 amide bonds. The van der Waals surface area contributed by atoms with Crippen LogP contribution < -0.4 is 10.2 Å². The molecular formula is C16H28N2. The van der Waals surface area contributed by atoms with Crippen molar-refractivity contribution >= 4 is 5.69 Å². The molecule has 1 rings (SSSR count). The Bertz CT molecular complexity index is 314. The Labute approximate surface area is 112 Å². The number of hydrogen-bond donors (Lipinski definition) is 1. The van der Waals surface area contributed by atoms with E-state index in [4.69, 9.17) is 0 Å². The molecule has 0 radical (unpaired) electrons. The number of hydrogen-bond acceptors (Lipinski definition) is 2. The van der Waals surface area contributed by atoms with E-state index < -0.39 is 0 Å². The van der Waals surface area contributed by atoms with E-state index in [-0.39, 0.29) is 0 Å². The van der Waals surface area contributed by atoms with Gasteiger partial charge in [-0.15, -0.1) is 0 Å². The van der Waals surface area contributed by atoms with E-state index in [1.54, 1.807) is 0 Å². The van der Waals surface area contributed by atoms with Crippen molar-refractivity contribution < 1.29 is 0 Å². The average Bonchev–Trinajstić information content (AvgIpc) is 2.39. The van der Waals surface area contributed by atoms with Crippen molar-refractivity contribution in [1.82, 2.24) is 5.32 Å². The molecule has 0 aliphatic heterocycles. The van der Waals surface area contributed by atoms with E-state index in [2.05, 4.69) is 62.2 Å². The van der Waals surface area contributed by atoms with Crippen molar-refractivity contribution in [3.05, 3.63) is 29.8 Å². The van der Waals surface area contributed by atoms with Gasteiger partial charge in [-0.1, -0.05) is 25.5 Å². The fraction of sp³-hybridized carbons (Fsp3) is 0.625. The molecule has 102 valence electrons. The average molecular weight is 248 g/mol. The van der Waals surface area contributed by atoms with Crippen molar-refractivity contribution in [1.29, 1.82) is 0 Å². The summed E-state index contributed by atoms with van der Waals surface area (Å²) in [5, 5.41) is 3.56. The molecule has 18 heavy (non-hydrogen) atoms. The van der Waals surface area contributed by atoms with E-state index in [9.17, 15) is 0 Å². The summed E-state index contributed by atoms with van der Waals surface area (Å²) in [4.78, 5) is 2.37. The van der Waals surface area contributed by atoms with Crippen LogP contribution in [0, 0.1) is 0 Å². The van der Waals surface area contributed by atoms with E-state index >= 15 is 0 Å². The van der Waals surface area contributed by atoms with Gasteiger partial charge in [-0.2, -0.15) is 0 Å². The smallest absolute Gasteiger partial charge is 0.0366 e. The van der Waals surface area contributed by atoms with Gasteiger partial charge >= 0.3 is 0 Å². The maximum atomic E-state index is 3.56. The van der Waals surface area contributed by atoms with Gasteiger partial charge in [0.1, 0.15) is 0 Å². The van der Waals surface area contributed by atoms with Crippen molar-refractivity contribution in [2.24, 2.45) is 0 Å². The third kappa shape index (κ3) is 4.69. The van der Waals surface area contributed by atoms with Gasteiger partial charge in [-0.05, 0) is 44.9 Å². The first-order valence-corrected chi connectivity index (χ1v) is 7.28. The van der Waals surface area contributed by atoms with Crippen LogP contribution >= 0.6 is 0 Å². The Hall–Kier alpha value is -1.02. The van der Waals surface area contributed by atoms with E-state index in [0.717, 1.165) is 19.6 Å². The highest BCUT2D eigenvalue weighted by Gasteiger charge is 2.02. The maximum absolute atomic E-state index is 3.56. The van der Waals surface area contributed by atoms with Crippen LogP contribution in [-0.2, 0) is 6.54 Å². The number of rotatable bonds is 8. The van der Waals surface area contributed by atoms with Gasteiger partial charge in [0.05, 0.1) is 0 Å². The van der Waals surface area contributed by atoms with Crippen LogP contribution in [0.15, 0.2) is 24.3 Å². The van der Waals surface area contributed by atoms with Crippen molar-refractivity contribution in [3.8, 4) is 0 Å². The summed E-state index contributed by atoms with van der Waals surface area (Å²) in [5.74, 6) is 0. The first-order chi connectivity index (χ1) is 8.71. The first-order valence-electron chi connectivity index (χ1n) is 7.28. The minimum absolute atomic E-state index is 0.609. The molecule has 0 aliphatic rings. The lowest BCUT2D eigenvalue weighted by Gasteiger charge is -2.21. The van der Waals surface area contributed by atoms with E-state index in [1.807, 2.05) is 0 Å². The number of nitrogens with zero attached hydrogens (tertiary/aromatic N) is 1. The Kier molecular flexibility index (Phi) is 6.81. The fourth-order valence-electron chi connectivity index (χ4n) is 2.24. The van der Waals surface area contributed by atoms with E-state index in [0.29, 0.717) is 6.04 Å². The molecule has 2 heteroatoms. The molecule has 1 atom stereocenters. The lowest BCUT2D eigenvalue weighted by Crippen LogP contribution is -2.25. The molecule has 0 heterocycles. The topological polar surface area (TPSA) is 15.3 Å². The molecule has 0 saturated carbocycles. The number of anilines is 1. The van der Waals surface area contributed by atoms with Crippen molar-refractivity contribution in [2.45, 2.75) is 53.1 Å². The fourth-order valence-corrected chi connectivity index (χ4v) is 2.24. The highest BCUT2D eigenvalue weighted by atomic mass is 15.1. The molecule has 1 aromatic rings. The highest BCUT2D eigenvalue weighted by Crippen LogP contribution is 2.14. The highest BCUT2D eigenvalue weighted by molar-refractivity contribution is 5.47. The second-order valence-corrected chi connectivity index (χ2v) is 4.91. The molecular weight excluding hydrogens is 220 g/mol. The zero-order chi connectivity index (χ0) is 13.4. The predicted molar refractivity (Wildman–Crippen MR) is 81.2 cm³/mol. The zero-order valence-corrected chi connectivity index (χ0v) is 12.4. The summed E-state index contributed by atoms with van der Waals surface area (Å²) in [6.07, 6.45) is 2.49. The molecule has 0 saturated heterocycles. The van der Waals surface area contributed by atoms with Crippen LogP contribution in [0.4, 0.5) is 5.69 Å². The first kappa shape index (κ1) is 15.0. The van der Waals surface area contributed by atoms with Gasteiger partial charge in [0, 0.05) is 31.4 Å². The quantitative estimate of drug-likeness (QED) is 0.752. The van der Waals surface area contributed by atoms with Gasteiger partial charge in [-0.25, -0.2) is 0 Å². The van der Waals surface area contributed by atoms with Gasteiger partial charge in [0.15, 0.2) is 0 Å². The summed E-state index contributed by atoms with van der Waals surface area (Å²) in [6.45, 7) is 12.0.